The lowest BCUT2D eigenvalue weighted by Gasteiger charge is -2.25. The van der Waals surface area contributed by atoms with Gasteiger partial charge in [0.1, 0.15) is 6.04 Å². The van der Waals surface area contributed by atoms with Crippen molar-refractivity contribution < 1.29 is 22.7 Å². The maximum atomic E-state index is 13.3. The highest BCUT2D eigenvalue weighted by Gasteiger charge is 2.44. The van der Waals surface area contributed by atoms with Gasteiger partial charge in [-0.1, -0.05) is 29.8 Å². The number of nitrogens with zero attached hydrogens (tertiary/aromatic N) is 2. The maximum absolute atomic E-state index is 13.3. The molecule has 0 fully saturated rings. The average molecular weight is 449 g/mol. The molecular formula is C21H16ClF3N4O2. The molecule has 4 rings (SSSR count). The van der Waals surface area contributed by atoms with Gasteiger partial charge in [-0.3, -0.25) is 9.78 Å². The number of aromatic nitrogens is 1. The number of halogens is 4. The highest BCUT2D eigenvalue weighted by Crippen LogP contribution is 2.34. The lowest BCUT2D eigenvalue weighted by Crippen LogP contribution is -2.45. The van der Waals surface area contributed by atoms with Crippen molar-refractivity contribution in [2.45, 2.75) is 12.2 Å². The van der Waals surface area contributed by atoms with E-state index in [0.717, 1.165) is 16.5 Å². The molecule has 0 aliphatic carbocycles. The minimum absolute atomic E-state index is 0.176. The van der Waals surface area contributed by atoms with Gasteiger partial charge in [-0.05, 0) is 36.4 Å². The van der Waals surface area contributed by atoms with Gasteiger partial charge in [-0.15, -0.1) is 0 Å². The fourth-order valence-corrected chi connectivity index (χ4v) is 3.32. The number of nitrogens with one attached hydrogen (secondary N) is 2. The molecule has 1 unspecified atom stereocenters. The fourth-order valence-electron chi connectivity index (χ4n) is 3.10. The molecule has 2 aromatic carbocycles. The molecule has 3 aromatic rings. The number of carbonyl (C=O) groups is 1. The molecule has 2 N–H and O–H groups in total. The van der Waals surface area contributed by atoms with Crippen LogP contribution < -0.4 is 15.8 Å². The second-order valence-electron chi connectivity index (χ2n) is 6.65. The Hall–Kier alpha value is -3.30. The molecular weight excluding hydrogens is 433 g/mol. The van der Waals surface area contributed by atoms with E-state index in [1.807, 2.05) is 0 Å². The number of ether oxygens (including phenoxy) is 1. The van der Waals surface area contributed by atoms with Crippen LogP contribution in [0, 0.1) is 0 Å². The lowest BCUT2D eigenvalue weighted by atomic mass is 10.2. The van der Waals surface area contributed by atoms with Crippen molar-refractivity contribution in [1.29, 1.82) is 0 Å². The summed E-state index contributed by atoms with van der Waals surface area (Å²) in [7, 11) is 0. The number of fused-ring (bicyclic) bond motifs is 1. The Morgan fingerprint density at radius 2 is 1.97 bits per heavy atom. The normalized spacial score (nSPS) is 16.3. The molecule has 0 saturated carbocycles. The lowest BCUT2D eigenvalue weighted by molar-refractivity contribution is -0.142. The molecule has 31 heavy (non-hydrogen) atoms. The van der Waals surface area contributed by atoms with Gasteiger partial charge >= 0.3 is 6.18 Å². The van der Waals surface area contributed by atoms with Crippen LogP contribution in [0.3, 0.4) is 0 Å². The molecule has 0 bridgehead atoms. The van der Waals surface area contributed by atoms with E-state index in [-0.39, 0.29) is 16.6 Å². The molecule has 10 heteroatoms. The van der Waals surface area contributed by atoms with E-state index in [4.69, 9.17) is 16.3 Å². The van der Waals surface area contributed by atoms with Crippen LogP contribution in [-0.2, 0) is 9.53 Å². The van der Waals surface area contributed by atoms with Gasteiger partial charge in [-0.25, -0.2) is 10.4 Å². The minimum Gasteiger partial charge on any atom is -0.468 e. The van der Waals surface area contributed by atoms with Gasteiger partial charge in [-0.2, -0.15) is 13.2 Å². The molecule has 160 valence electrons. The second kappa shape index (κ2) is 8.44. The van der Waals surface area contributed by atoms with Crippen molar-refractivity contribution >= 4 is 39.8 Å². The third kappa shape index (κ3) is 4.57. The topological polar surface area (TPSA) is 66.5 Å². The Balaban J connectivity index is 1.50. The molecule has 6 nitrogen and oxygen atoms in total. The van der Waals surface area contributed by atoms with E-state index in [0.29, 0.717) is 11.2 Å². The van der Waals surface area contributed by atoms with E-state index >= 15 is 0 Å². The van der Waals surface area contributed by atoms with Gasteiger partial charge in [0.15, 0.2) is 6.61 Å². The van der Waals surface area contributed by atoms with Gasteiger partial charge < -0.3 is 10.1 Å². The standard InChI is InChI=1S/C21H16ClF3N4O2/c22-14-6-1-2-9-17(14)29-20(11-18(28-29)21(23,24)25)31-12-19(30)27-16-8-3-7-15-13(16)5-4-10-26-15/h1-11,18,28H,12H2,(H,27,30). The Bertz CT molecular complexity index is 1150. The number of hydrazine groups is 1. The molecule has 1 amide bonds. The first-order valence-corrected chi connectivity index (χ1v) is 9.56. The highest BCUT2D eigenvalue weighted by atomic mass is 35.5. The molecule has 1 atom stereocenters. The zero-order valence-electron chi connectivity index (χ0n) is 15.9. The van der Waals surface area contributed by atoms with Crippen molar-refractivity contribution in [2.75, 3.05) is 16.9 Å². The third-order valence-electron chi connectivity index (χ3n) is 4.51. The highest BCUT2D eigenvalue weighted by molar-refractivity contribution is 6.33. The number of anilines is 2. The second-order valence-corrected chi connectivity index (χ2v) is 7.06. The predicted octanol–water partition coefficient (Wildman–Crippen LogP) is 4.64. The molecule has 1 aliphatic heterocycles. The van der Waals surface area contributed by atoms with Crippen LogP contribution in [0.1, 0.15) is 0 Å². The smallest absolute Gasteiger partial charge is 0.409 e. The number of alkyl halides is 3. The zero-order valence-corrected chi connectivity index (χ0v) is 16.6. The maximum Gasteiger partial charge on any atom is 0.409 e. The predicted molar refractivity (Wildman–Crippen MR) is 111 cm³/mol. The Morgan fingerprint density at radius 3 is 2.74 bits per heavy atom. The fraction of sp³-hybridized carbons (Fsp3) is 0.143. The Labute approximate surface area is 180 Å². The average Bonchev–Trinajstić information content (AvgIpc) is 3.17. The number of para-hydroxylation sites is 1. The van der Waals surface area contributed by atoms with E-state index < -0.39 is 24.7 Å². The molecule has 1 aliphatic rings. The summed E-state index contributed by atoms with van der Waals surface area (Å²) in [4.78, 5) is 16.6. The number of hydrogen-bond acceptors (Lipinski definition) is 5. The number of benzene rings is 2. The quantitative estimate of drug-likeness (QED) is 0.595. The van der Waals surface area contributed by atoms with Crippen molar-refractivity contribution in [2.24, 2.45) is 0 Å². The van der Waals surface area contributed by atoms with Gasteiger partial charge in [0.05, 0.1) is 21.9 Å². The number of hydrogen-bond donors (Lipinski definition) is 2. The third-order valence-corrected chi connectivity index (χ3v) is 4.83. The van der Waals surface area contributed by atoms with E-state index in [2.05, 4.69) is 15.7 Å². The first-order chi connectivity index (χ1) is 14.8. The summed E-state index contributed by atoms with van der Waals surface area (Å²) in [6, 6.07) is 13.2. The van der Waals surface area contributed by atoms with Crippen LogP contribution in [0.2, 0.25) is 5.02 Å². The monoisotopic (exact) mass is 448 g/mol. The summed E-state index contributed by atoms with van der Waals surface area (Å²) in [6.45, 7) is -0.504. The SMILES string of the molecule is O=C(COC1=CC(C(F)(F)F)NN1c1ccccc1Cl)Nc1cccc2ncccc12. The van der Waals surface area contributed by atoms with Crippen molar-refractivity contribution in [1.82, 2.24) is 10.4 Å². The van der Waals surface area contributed by atoms with Gasteiger partial charge in [0.2, 0.25) is 5.88 Å². The van der Waals surface area contributed by atoms with Gasteiger partial charge in [0, 0.05) is 17.7 Å². The Morgan fingerprint density at radius 1 is 1.16 bits per heavy atom. The van der Waals surface area contributed by atoms with E-state index in [9.17, 15) is 18.0 Å². The largest absolute Gasteiger partial charge is 0.468 e. The van der Waals surface area contributed by atoms with Crippen molar-refractivity contribution in [3.63, 3.8) is 0 Å². The zero-order chi connectivity index (χ0) is 22.0. The summed E-state index contributed by atoms with van der Waals surface area (Å²) in [5.41, 5.74) is 3.79. The summed E-state index contributed by atoms with van der Waals surface area (Å²) >= 11 is 6.13. The van der Waals surface area contributed by atoms with Crippen LogP contribution in [0.5, 0.6) is 0 Å². The van der Waals surface area contributed by atoms with Crippen molar-refractivity contribution in [3.8, 4) is 0 Å². The molecule has 1 aromatic heterocycles. The number of rotatable bonds is 5. The summed E-state index contributed by atoms with van der Waals surface area (Å²) < 4.78 is 45.2. The van der Waals surface area contributed by atoms with Crippen molar-refractivity contribution in [3.05, 3.63) is 77.8 Å². The molecule has 2 heterocycles. The van der Waals surface area contributed by atoms with Crippen LogP contribution in [-0.4, -0.2) is 29.7 Å². The summed E-state index contributed by atoms with van der Waals surface area (Å²) in [5, 5.41) is 4.73. The first-order valence-electron chi connectivity index (χ1n) is 9.19. The Kier molecular flexibility index (Phi) is 5.71. The van der Waals surface area contributed by atoms with Crippen LogP contribution in [0.15, 0.2) is 72.8 Å². The van der Waals surface area contributed by atoms with Crippen LogP contribution in [0.4, 0.5) is 24.5 Å². The van der Waals surface area contributed by atoms with Crippen LogP contribution in [0.25, 0.3) is 10.9 Å². The minimum atomic E-state index is -4.55. The summed E-state index contributed by atoms with van der Waals surface area (Å²) in [5.74, 6) is -0.711. The van der Waals surface area contributed by atoms with E-state index in [1.165, 1.54) is 6.07 Å². The number of carbonyl (C=O) groups excluding carboxylic acids is 1. The number of amides is 1. The number of pyridine rings is 1. The first kappa shape index (κ1) is 21.0. The molecule has 0 spiro atoms. The van der Waals surface area contributed by atoms with Gasteiger partial charge in [0.25, 0.3) is 5.91 Å². The van der Waals surface area contributed by atoms with Crippen LogP contribution >= 0.6 is 11.6 Å². The molecule has 0 radical (unpaired) electrons. The molecule has 0 saturated heterocycles. The van der Waals surface area contributed by atoms with E-state index in [1.54, 1.807) is 54.7 Å². The summed E-state index contributed by atoms with van der Waals surface area (Å²) in [6.07, 6.45) is -2.06.